The zero-order valence-electron chi connectivity index (χ0n) is 16.9. The van der Waals surface area contributed by atoms with E-state index in [9.17, 15) is 13.2 Å². The molecule has 2 aliphatic rings. The van der Waals surface area contributed by atoms with E-state index >= 15 is 0 Å². The van der Waals surface area contributed by atoms with Gasteiger partial charge >= 0.3 is 0 Å². The number of aryl methyl sites for hydroxylation is 1. The summed E-state index contributed by atoms with van der Waals surface area (Å²) in [5.41, 5.74) is 3.10. The Morgan fingerprint density at radius 2 is 1.77 bits per heavy atom. The quantitative estimate of drug-likeness (QED) is 0.706. The zero-order chi connectivity index (χ0) is 21.3. The van der Waals surface area contributed by atoms with Gasteiger partial charge in [-0.15, -0.1) is 0 Å². The van der Waals surface area contributed by atoms with Crippen molar-refractivity contribution in [2.75, 3.05) is 18.6 Å². The first kappa shape index (κ1) is 20.9. The fraction of sp³-hybridized carbons (Fsp3) is 0.364. The van der Waals surface area contributed by atoms with E-state index in [4.69, 9.17) is 4.74 Å². The van der Waals surface area contributed by atoms with Crippen LogP contribution in [0.4, 0.5) is 0 Å². The number of fused-ring (bicyclic) bond motifs is 1. The number of rotatable bonds is 5. The minimum Gasteiger partial charge on any atom is -0.497 e. The van der Waals surface area contributed by atoms with Gasteiger partial charge in [0, 0.05) is 11.8 Å². The molecule has 8 heteroatoms. The van der Waals surface area contributed by atoms with Crippen LogP contribution in [0.1, 0.15) is 16.7 Å². The molecule has 2 atom stereocenters. The molecule has 158 valence electrons. The van der Waals surface area contributed by atoms with Gasteiger partial charge in [-0.25, -0.2) is 8.42 Å². The second kappa shape index (κ2) is 8.43. The molecular weight excluding hydrogens is 420 g/mol. The number of carbonyl (C=O) groups is 1. The maximum Gasteiger partial charge on any atom is 0.252 e. The van der Waals surface area contributed by atoms with E-state index in [1.807, 2.05) is 60.4 Å². The highest BCUT2D eigenvalue weighted by Gasteiger charge is 2.48. The van der Waals surface area contributed by atoms with Crippen LogP contribution in [0.5, 0.6) is 5.75 Å². The summed E-state index contributed by atoms with van der Waals surface area (Å²) in [7, 11) is -1.46. The Hall–Kier alpha value is -2.32. The molecular formula is C22H24N2O4S2. The summed E-state index contributed by atoms with van der Waals surface area (Å²) in [5, 5.41) is 0.548. The molecule has 0 bridgehead atoms. The van der Waals surface area contributed by atoms with E-state index in [0.717, 1.165) is 16.9 Å². The number of amidine groups is 1. The number of benzene rings is 2. The zero-order valence-corrected chi connectivity index (χ0v) is 18.6. The Bertz CT molecular complexity index is 1060. The standard InChI is InChI=1S/C22H24N2O4S2/c1-15-3-5-17(6-4-15)12-24-19-13-30(26,27)14-20(19)29-22(24)23-21(25)11-16-7-9-18(28-2)10-8-16/h3-10,19-20H,11-14H2,1-2H3/t19-,20-/m1/s1. The molecule has 2 aliphatic heterocycles. The van der Waals surface area contributed by atoms with Gasteiger partial charge in [-0.1, -0.05) is 53.7 Å². The summed E-state index contributed by atoms with van der Waals surface area (Å²) < 4.78 is 29.5. The van der Waals surface area contributed by atoms with Crippen molar-refractivity contribution in [3.8, 4) is 5.75 Å². The number of aliphatic imine (C=N–C) groups is 1. The predicted molar refractivity (Wildman–Crippen MR) is 120 cm³/mol. The minimum absolute atomic E-state index is 0.0759. The number of sulfone groups is 1. The molecule has 1 amide bonds. The number of methoxy groups -OCH3 is 1. The summed E-state index contributed by atoms with van der Waals surface area (Å²) >= 11 is 1.41. The van der Waals surface area contributed by atoms with Gasteiger partial charge in [0.25, 0.3) is 5.91 Å². The lowest BCUT2D eigenvalue weighted by Crippen LogP contribution is -2.37. The highest BCUT2D eigenvalue weighted by atomic mass is 32.2. The molecule has 30 heavy (non-hydrogen) atoms. The average molecular weight is 445 g/mol. The normalized spacial score (nSPS) is 23.5. The van der Waals surface area contributed by atoms with Gasteiger partial charge in [0.15, 0.2) is 15.0 Å². The maximum absolute atomic E-state index is 12.6. The van der Waals surface area contributed by atoms with Gasteiger partial charge in [-0.05, 0) is 30.2 Å². The first-order valence-electron chi connectivity index (χ1n) is 9.77. The number of amides is 1. The molecule has 2 aromatic rings. The van der Waals surface area contributed by atoms with E-state index in [-0.39, 0.29) is 35.1 Å². The van der Waals surface area contributed by atoms with Crippen LogP contribution in [0.25, 0.3) is 0 Å². The van der Waals surface area contributed by atoms with Crippen molar-refractivity contribution in [1.29, 1.82) is 0 Å². The average Bonchev–Trinajstić information content (AvgIpc) is 3.16. The van der Waals surface area contributed by atoms with Gasteiger partial charge in [0.1, 0.15) is 5.75 Å². The van der Waals surface area contributed by atoms with Crippen molar-refractivity contribution in [3.63, 3.8) is 0 Å². The van der Waals surface area contributed by atoms with Crippen molar-refractivity contribution in [2.24, 2.45) is 4.99 Å². The summed E-state index contributed by atoms with van der Waals surface area (Å²) in [6.45, 7) is 2.57. The Morgan fingerprint density at radius 1 is 1.10 bits per heavy atom. The van der Waals surface area contributed by atoms with Crippen molar-refractivity contribution in [1.82, 2.24) is 4.90 Å². The molecule has 2 heterocycles. The van der Waals surface area contributed by atoms with Crippen LogP contribution in [-0.4, -0.2) is 54.3 Å². The van der Waals surface area contributed by atoms with E-state index in [2.05, 4.69) is 4.99 Å². The lowest BCUT2D eigenvalue weighted by Gasteiger charge is -2.24. The van der Waals surface area contributed by atoms with Crippen LogP contribution in [0.15, 0.2) is 53.5 Å². The summed E-state index contributed by atoms with van der Waals surface area (Å²) in [5.74, 6) is 0.752. The predicted octanol–water partition coefficient (Wildman–Crippen LogP) is 2.84. The van der Waals surface area contributed by atoms with Crippen LogP contribution in [0.2, 0.25) is 0 Å². The Balaban J connectivity index is 1.54. The number of thioether (sulfide) groups is 1. The van der Waals surface area contributed by atoms with Crippen LogP contribution in [0, 0.1) is 6.92 Å². The lowest BCUT2D eigenvalue weighted by atomic mass is 10.1. The Kier molecular flexibility index (Phi) is 5.88. The van der Waals surface area contributed by atoms with Crippen LogP contribution in [0.3, 0.4) is 0 Å². The third-order valence-corrected chi connectivity index (χ3v) is 8.63. The van der Waals surface area contributed by atoms with Gasteiger partial charge in [-0.3, -0.25) is 4.79 Å². The van der Waals surface area contributed by atoms with Crippen LogP contribution < -0.4 is 4.74 Å². The summed E-state index contributed by atoms with van der Waals surface area (Å²) in [4.78, 5) is 19.0. The summed E-state index contributed by atoms with van der Waals surface area (Å²) in [6.07, 6.45) is 0.195. The Labute approximate surface area is 181 Å². The fourth-order valence-corrected chi connectivity index (χ4v) is 7.74. The molecule has 0 aliphatic carbocycles. The molecule has 2 aromatic carbocycles. The Morgan fingerprint density at radius 3 is 2.43 bits per heavy atom. The fourth-order valence-electron chi connectivity index (χ4n) is 3.77. The van der Waals surface area contributed by atoms with Crippen molar-refractivity contribution in [2.45, 2.75) is 31.2 Å². The van der Waals surface area contributed by atoms with E-state index in [1.165, 1.54) is 17.3 Å². The highest BCUT2D eigenvalue weighted by molar-refractivity contribution is 8.15. The molecule has 0 aromatic heterocycles. The first-order valence-corrected chi connectivity index (χ1v) is 12.5. The number of hydrogen-bond donors (Lipinski definition) is 0. The van der Waals surface area contributed by atoms with Gasteiger partial charge in [-0.2, -0.15) is 4.99 Å². The first-order chi connectivity index (χ1) is 14.3. The maximum atomic E-state index is 12.6. The van der Waals surface area contributed by atoms with Gasteiger partial charge < -0.3 is 9.64 Å². The highest BCUT2D eigenvalue weighted by Crippen LogP contribution is 2.39. The molecule has 2 saturated heterocycles. The number of hydrogen-bond acceptors (Lipinski definition) is 5. The molecule has 0 unspecified atom stereocenters. The second-order valence-corrected chi connectivity index (χ2v) is 11.1. The largest absolute Gasteiger partial charge is 0.497 e. The molecule has 4 rings (SSSR count). The topological polar surface area (TPSA) is 76.0 Å². The summed E-state index contributed by atoms with van der Waals surface area (Å²) in [6, 6.07) is 15.3. The number of nitrogens with zero attached hydrogens (tertiary/aromatic N) is 2. The van der Waals surface area contributed by atoms with Gasteiger partial charge in [0.05, 0.1) is 31.1 Å². The third kappa shape index (κ3) is 4.70. The second-order valence-electron chi connectivity index (χ2n) is 7.73. The van der Waals surface area contributed by atoms with Crippen molar-refractivity contribution >= 4 is 32.7 Å². The third-order valence-electron chi connectivity index (χ3n) is 5.38. The molecule has 0 N–H and O–H groups in total. The van der Waals surface area contributed by atoms with Crippen LogP contribution >= 0.6 is 11.8 Å². The van der Waals surface area contributed by atoms with Crippen molar-refractivity contribution < 1.29 is 17.9 Å². The van der Waals surface area contributed by atoms with E-state index in [0.29, 0.717) is 11.7 Å². The monoisotopic (exact) mass is 444 g/mol. The minimum atomic E-state index is -3.06. The molecule has 0 radical (unpaired) electrons. The van der Waals surface area contributed by atoms with Crippen LogP contribution in [-0.2, 0) is 27.6 Å². The molecule has 2 fully saturated rings. The smallest absolute Gasteiger partial charge is 0.252 e. The molecule has 0 spiro atoms. The van der Waals surface area contributed by atoms with E-state index in [1.54, 1.807) is 7.11 Å². The van der Waals surface area contributed by atoms with E-state index < -0.39 is 9.84 Å². The van der Waals surface area contributed by atoms with Gasteiger partial charge in [0.2, 0.25) is 0 Å². The lowest BCUT2D eigenvalue weighted by molar-refractivity contribution is -0.117. The molecule has 0 saturated carbocycles. The molecule has 6 nitrogen and oxygen atoms in total. The number of ether oxygens (including phenoxy) is 1. The SMILES string of the molecule is COc1ccc(CC(=O)N=C2S[C@@H]3CS(=O)(=O)C[C@H]3N2Cc2ccc(C)cc2)cc1. The number of carbonyl (C=O) groups excluding carboxylic acids is 1. The van der Waals surface area contributed by atoms with Crippen molar-refractivity contribution in [3.05, 3.63) is 65.2 Å².